The average Bonchev–Trinajstić information content (AvgIpc) is 2.53. The molecule has 0 aliphatic rings. The van der Waals surface area contributed by atoms with Crippen molar-refractivity contribution in [3.8, 4) is 0 Å². The Kier molecular flexibility index (Phi) is 4.77. The van der Waals surface area contributed by atoms with Gasteiger partial charge in [0.05, 0.1) is 5.60 Å². The Morgan fingerprint density at radius 1 is 1.53 bits per heavy atom. The van der Waals surface area contributed by atoms with E-state index in [0.29, 0.717) is 12.5 Å². The number of nitrogens with one attached hydrogen (secondary N) is 1. The van der Waals surface area contributed by atoms with E-state index < -0.39 is 5.60 Å². The normalized spacial score (nSPS) is 15.5. The summed E-state index contributed by atoms with van der Waals surface area (Å²) < 4.78 is 0. The van der Waals surface area contributed by atoms with Crippen LogP contribution in [-0.2, 0) is 6.54 Å². The summed E-state index contributed by atoms with van der Waals surface area (Å²) in [5.74, 6) is 0.531. The fourth-order valence-corrected chi connectivity index (χ4v) is 2.49. The summed E-state index contributed by atoms with van der Waals surface area (Å²) >= 11 is 1.71. The Hall–Kier alpha value is -0.380. The minimum atomic E-state index is -0.593. The Morgan fingerprint density at radius 3 is 2.80 bits per heavy atom. The lowest BCUT2D eigenvalue weighted by molar-refractivity contribution is 0.0383. The molecule has 0 spiro atoms. The number of aliphatic hydroxyl groups is 1. The highest BCUT2D eigenvalue weighted by atomic mass is 32.1. The molecule has 15 heavy (non-hydrogen) atoms. The van der Waals surface area contributed by atoms with Crippen molar-refractivity contribution in [3.63, 3.8) is 0 Å². The van der Waals surface area contributed by atoms with E-state index in [4.69, 9.17) is 0 Å². The lowest BCUT2D eigenvalue weighted by atomic mass is 9.94. The monoisotopic (exact) mass is 227 g/mol. The fourth-order valence-electron chi connectivity index (χ4n) is 1.82. The largest absolute Gasteiger partial charge is 0.389 e. The summed E-state index contributed by atoms with van der Waals surface area (Å²) in [5.41, 5.74) is 0.699. The van der Waals surface area contributed by atoms with E-state index >= 15 is 0 Å². The van der Waals surface area contributed by atoms with E-state index in [1.54, 1.807) is 11.3 Å². The number of rotatable bonds is 6. The van der Waals surface area contributed by atoms with Crippen molar-refractivity contribution in [2.75, 3.05) is 6.54 Å². The maximum atomic E-state index is 10.1. The number of hydrogen-bond donors (Lipinski definition) is 2. The second-order valence-electron chi connectivity index (χ2n) is 4.83. The van der Waals surface area contributed by atoms with Crippen LogP contribution in [0.1, 0.15) is 32.8 Å². The third-order valence-electron chi connectivity index (χ3n) is 2.26. The molecule has 0 bridgehead atoms. The summed E-state index contributed by atoms with van der Waals surface area (Å²) in [6.07, 6.45) is 0.837. The van der Waals surface area contributed by atoms with Gasteiger partial charge in [0, 0.05) is 13.1 Å². The van der Waals surface area contributed by atoms with E-state index in [-0.39, 0.29) is 0 Å². The molecule has 1 heterocycles. The zero-order valence-corrected chi connectivity index (χ0v) is 10.6. The summed E-state index contributed by atoms with van der Waals surface area (Å²) in [5, 5.41) is 17.5. The molecular formula is C12H21NOS. The molecule has 0 radical (unpaired) electrons. The van der Waals surface area contributed by atoms with E-state index in [1.165, 1.54) is 5.56 Å². The molecule has 2 nitrogen and oxygen atoms in total. The molecule has 1 rings (SSSR count). The Morgan fingerprint density at radius 2 is 2.27 bits per heavy atom. The molecule has 0 aromatic carbocycles. The lowest BCUT2D eigenvalue weighted by Crippen LogP contribution is -2.38. The van der Waals surface area contributed by atoms with E-state index in [2.05, 4.69) is 36.0 Å². The zero-order valence-electron chi connectivity index (χ0n) is 9.79. The standard InChI is InChI=1S/C12H21NOS/c1-10(2)6-12(3,14)9-13-7-11-4-5-15-8-11/h4-5,8,10,13-14H,6-7,9H2,1-3H3. The van der Waals surface area contributed by atoms with E-state index in [9.17, 15) is 5.11 Å². The van der Waals surface area contributed by atoms with Gasteiger partial charge in [-0.15, -0.1) is 0 Å². The molecule has 1 aromatic heterocycles. The van der Waals surface area contributed by atoms with E-state index in [1.807, 2.05) is 6.92 Å². The van der Waals surface area contributed by atoms with Crippen molar-refractivity contribution in [1.82, 2.24) is 5.32 Å². The van der Waals surface area contributed by atoms with Crippen LogP contribution in [0, 0.1) is 5.92 Å². The van der Waals surface area contributed by atoms with Crippen LogP contribution in [0.5, 0.6) is 0 Å². The molecule has 0 amide bonds. The summed E-state index contributed by atoms with van der Waals surface area (Å²) in [6.45, 7) is 7.66. The molecule has 0 saturated heterocycles. The third-order valence-corrected chi connectivity index (χ3v) is 3.00. The molecule has 1 aromatic rings. The van der Waals surface area contributed by atoms with Crippen LogP contribution in [0.25, 0.3) is 0 Å². The van der Waals surface area contributed by atoms with Crippen molar-refractivity contribution in [2.45, 2.75) is 39.3 Å². The lowest BCUT2D eigenvalue weighted by Gasteiger charge is -2.25. The molecule has 3 heteroatoms. The second kappa shape index (κ2) is 5.64. The van der Waals surface area contributed by atoms with Crippen molar-refractivity contribution in [2.24, 2.45) is 5.92 Å². The van der Waals surface area contributed by atoms with Gasteiger partial charge in [-0.3, -0.25) is 0 Å². The predicted molar refractivity (Wildman–Crippen MR) is 66.1 cm³/mol. The first-order valence-electron chi connectivity index (χ1n) is 5.44. The van der Waals surface area contributed by atoms with Crippen molar-refractivity contribution >= 4 is 11.3 Å². The van der Waals surface area contributed by atoms with Crippen LogP contribution >= 0.6 is 11.3 Å². The van der Waals surface area contributed by atoms with Crippen molar-refractivity contribution < 1.29 is 5.11 Å². The second-order valence-corrected chi connectivity index (χ2v) is 5.61. The molecule has 2 N–H and O–H groups in total. The van der Waals surface area contributed by atoms with Gasteiger partial charge < -0.3 is 10.4 Å². The first kappa shape index (κ1) is 12.7. The van der Waals surface area contributed by atoms with Crippen molar-refractivity contribution in [1.29, 1.82) is 0 Å². The Balaban J connectivity index is 2.24. The summed E-state index contributed by atoms with van der Waals surface area (Å²) in [7, 11) is 0. The molecule has 1 atom stereocenters. The van der Waals surface area contributed by atoms with E-state index in [0.717, 1.165) is 13.0 Å². The minimum Gasteiger partial charge on any atom is -0.389 e. The molecule has 0 fully saturated rings. The average molecular weight is 227 g/mol. The molecular weight excluding hydrogens is 206 g/mol. The maximum Gasteiger partial charge on any atom is 0.0746 e. The van der Waals surface area contributed by atoms with Gasteiger partial charge >= 0.3 is 0 Å². The minimum absolute atomic E-state index is 0.531. The highest BCUT2D eigenvalue weighted by molar-refractivity contribution is 7.07. The smallest absolute Gasteiger partial charge is 0.0746 e. The van der Waals surface area contributed by atoms with Crippen LogP contribution in [0.3, 0.4) is 0 Å². The van der Waals surface area contributed by atoms with Gasteiger partial charge in [-0.05, 0) is 41.7 Å². The summed E-state index contributed by atoms with van der Waals surface area (Å²) in [6, 6.07) is 2.11. The predicted octanol–water partition coefficient (Wildman–Crippen LogP) is 2.63. The van der Waals surface area contributed by atoms with Crippen LogP contribution in [0.2, 0.25) is 0 Å². The molecule has 0 saturated carbocycles. The first-order valence-corrected chi connectivity index (χ1v) is 6.38. The molecule has 0 aliphatic heterocycles. The quantitative estimate of drug-likeness (QED) is 0.783. The van der Waals surface area contributed by atoms with Gasteiger partial charge in [0.25, 0.3) is 0 Å². The van der Waals surface area contributed by atoms with Gasteiger partial charge in [-0.1, -0.05) is 13.8 Å². The fraction of sp³-hybridized carbons (Fsp3) is 0.667. The highest BCUT2D eigenvalue weighted by Crippen LogP contribution is 2.15. The summed E-state index contributed by atoms with van der Waals surface area (Å²) in [4.78, 5) is 0. The highest BCUT2D eigenvalue weighted by Gasteiger charge is 2.20. The zero-order chi connectivity index (χ0) is 11.3. The first-order chi connectivity index (χ1) is 6.99. The van der Waals surface area contributed by atoms with Crippen LogP contribution in [-0.4, -0.2) is 17.3 Å². The van der Waals surface area contributed by atoms with Crippen LogP contribution in [0.15, 0.2) is 16.8 Å². The van der Waals surface area contributed by atoms with Gasteiger partial charge in [0.1, 0.15) is 0 Å². The topological polar surface area (TPSA) is 32.3 Å². The number of thiophene rings is 1. The van der Waals surface area contributed by atoms with Gasteiger partial charge in [-0.25, -0.2) is 0 Å². The maximum absolute atomic E-state index is 10.1. The Bertz CT molecular complexity index is 267. The molecule has 1 unspecified atom stereocenters. The SMILES string of the molecule is CC(C)CC(C)(O)CNCc1ccsc1. The van der Waals surface area contributed by atoms with Gasteiger partial charge in [0.2, 0.25) is 0 Å². The van der Waals surface area contributed by atoms with Crippen LogP contribution in [0.4, 0.5) is 0 Å². The molecule has 86 valence electrons. The van der Waals surface area contributed by atoms with Crippen LogP contribution < -0.4 is 5.32 Å². The molecule has 0 aliphatic carbocycles. The van der Waals surface area contributed by atoms with Gasteiger partial charge in [-0.2, -0.15) is 11.3 Å². The van der Waals surface area contributed by atoms with Gasteiger partial charge in [0.15, 0.2) is 0 Å². The third kappa shape index (κ3) is 5.30. The number of hydrogen-bond acceptors (Lipinski definition) is 3. The Labute approximate surface area is 96.3 Å². The van der Waals surface area contributed by atoms with Crippen molar-refractivity contribution in [3.05, 3.63) is 22.4 Å².